The minimum absolute atomic E-state index is 0.107. The van der Waals surface area contributed by atoms with Gasteiger partial charge in [0.15, 0.2) is 5.75 Å². The van der Waals surface area contributed by atoms with Gasteiger partial charge in [-0.25, -0.2) is 12.4 Å². The number of hydrogen-bond acceptors (Lipinski definition) is 4. The van der Waals surface area contributed by atoms with Crippen LogP contribution in [0, 0.1) is 0 Å². The van der Waals surface area contributed by atoms with Crippen LogP contribution in [0.15, 0.2) is 45.9 Å². The minimum Gasteiger partial charge on any atom is -0.505 e. The summed E-state index contributed by atoms with van der Waals surface area (Å²) < 4.78 is 28.0. The van der Waals surface area contributed by atoms with Crippen LogP contribution in [0.5, 0.6) is 5.75 Å². The number of fused-ring (bicyclic) bond motifs is 1. The first-order chi connectivity index (χ1) is 13.2. The van der Waals surface area contributed by atoms with Gasteiger partial charge < -0.3 is 10.0 Å². The molecular formula is C18H13BrCl2N2O4S. The van der Waals surface area contributed by atoms with E-state index in [2.05, 4.69) is 15.9 Å². The zero-order valence-corrected chi connectivity index (χ0v) is 18.1. The summed E-state index contributed by atoms with van der Waals surface area (Å²) in [4.78, 5) is 14.1. The van der Waals surface area contributed by atoms with Crippen molar-refractivity contribution in [1.82, 2.24) is 8.87 Å². The van der Waals surface area contributed by atoms with Crippen molar-refractivity contribution in [1.29, 1.82) is 0 Å². The third kappa shape index (κ3) is 3.08. The summed E-state index contributed by atoms with van der Waals surface area (Å²) in [6.45, 7) is 1.25. The van der Waals surface area contributed by atoms with E-state index in [4.69, 9.17) is 23.2 Å². The highest BCUT2D eigenvalue weighted by Crippen LogP contribution is 2.37. The van der Waals surface area contributed by atoms with E-state index in [1.54, 1.807) is 17.0 Å². The molecule has 1 N–H and O–H groups in total. The highest BCUT2D eigenvalue weighted by atomic mass is 79.9. The zero-order valence-electron chi connectivity index (χ0n) is 14.2. The van der Waals surface area contributed by atoms with Crippen LogP contribution in [0.3, 0.4) is 0 Å². The predicted molar refractivity (Wildman–Crippen MR) is 111 cm³/mol. The summed E-state index contributed by atoms with van der Waals surface area (Å²) in [5.74, 6) is -0.819. The van der Waals surface area contributed by atoms with Gasteiger partial charge in [0, 0.05) is 34.2 Å². The third-order valence-electron chi connectivity index (χ3n) is 4.64. The Morgan fingerprint density at radius 1 is 1.14 bits per heavy atom. The lowest BCUT2D eigenvalue weighted by Gasteiger charge is -2.30. The number of benzene rings is 2. The number of carbonyl (C=O) groups is 1. The van der Waals surface area contributed by atoms with Crippen LogP contribution in [-0.2, 0) is 10.0 Å². The van der Waals surface area contributed by atoms with Crippen LogP contribution >= 0.6 is 39.1 Å². The quantitative estimate of drug-likeness (QED) is 0.570. The molecule has 0 atom stereocenters. The van der Waals surface area contributed by atoms with Gasteiger partial charge in [-0.3, -0.25) is 4.79 Å². The maximum absolute atomic E-state index is 13.3. The van der Waals surface area contributed by atoms with Crippen molar-refractivity contribution in [3.05, 3.63) is 56.6 Å². The Labute approximate surface area is 179 Å². The van der Waals surface area contributed by atoms with Gasteiger partial charge in [-0.1, -0.05) is 39.1 Å². The van der Waals surface area contributed by atoms with E-state index < -0.39 is 15.8 Å². The van der Waals surface area contributed by atoms with E-state index in [-0.39, 0.29) is 26.9 Å². The van der Waals surface area contributed by atoms with Crippen molar-refractivity contribution < 1.29 is 18.3 Å². The van der Waals surface area contributed by atoms with Crippen LogP contribution in [0.4, 0.5) is 0 Å². The predicted octanol–water partition coefficient (Wildman–Crippen LogP) is 4.50. The van der Waals surface area contributed by atoms with Gasteiger partial charge in [0.2, 0.25) is 0 Å². The number of carbonyl (C=O) groups excluding carboxylic acids is 1. The Kier molecular flexibility index (Phi) is 4.86. The molecule has 1 amide bonds. The average molecular weight is 504 g/mol. The van der Waals surface area contributed by atoms with Gasteiger partial charge >= 0.3 is 0 Å². The van der Waals surface area contributed by atoms with E-state index in [1.165, 1.54) is 24.4 Å². The number of nitrogens with zero attached hydrogens (tertiary/aromatic N) is 2. The summed E-state index contributed by atoms with van der Waals surface area (Å²) in [6, 6.07) is 7.28. The van der Waals surface area contributed by atoms with Gasteiger partial charge in [-0.15, -0.1) is 0 Å². The van der Waals surface area contributed by atoms with Crippen LogP contribution in [0.25, 0.3) is 10.9 Å². The maximum atomic E-state index is 13.3. The SMILES string of the molecule is O=C(c1cn(S(=O)(=O)c2cc(Br)cc(Cl)c2O)c2ccc(Cl)cc12)N1CCC1. The smallest absolute Gasteiger partial charge is 0.271 e. The summed E-state index contributed by atoms with van der Waals surface area (Å²) in [5.41, 5.74) is 0.519. The highest BCUT2D eigenvalue weighted by Gasteiger charge is 2.30. The van der Waals surface area contributed by atoms with Gasteiger partial charge in [-0.2, -0.15) is 0 Å². The van der Waals surface area contributed by atoms with Crippen molar-refractivity contribution in [2.75, 3.05) is 13.1 Å². The van der Waals surface area contributed by atoms with Crippen molar-refractivity contribution in [2.24, 2.45) is 0 Å². The second kappa shape index (κ2) is 6.95. The molecule has 1 fully saturated rings. The second-order valence-corrected chi connectivity index (χ2v) is 9.93. The van der Waals surface area contributed by atoms with Crippen molar-refractivity contribution in [3.8, 4) is 5.75 Å². The molecule has 0 saturated carbocycles. The Bertz CT molecular complexity index is 1240. The molecule has 2 aromatic carbocycles. The molecule has 28 heavy (non-hydrogen) atoms. The molecule has 0 bridgehead atoms. The topological polar surface area (TPSA) is 79.6 Å². The molecule has 1 aliphatic heterocycles. The van der Waals surface area contributed by atoms with E-state index in [0.717, 1.165) is 10.4 Å². The number of phenolic OH excluding ortho intramolecular Hbond substituents is 1. The molecule has 6 nitrogen and oxygen atoms in total. The third-order valence-corrected chi connectivity index (χ3v) is 7.30. The van der Waals surface area contributed by atoms with Crippen LogP contribution in [0.1, 0.15) is 16.8 Å². The summed E-state index contributed by atoms with van der Waals surface area (Å²) in [6.07, 6.45) is 2.18. The number of rotatable bonds is 3. The number of halogens is 3. The van der Waals surface area contributed by atoms with Gasteiger partial charge in [0.1, 0.15) is 4.90 Å². The Balaban J connectivity index is 1.98. The number of amides is 1. The lowest BCUT2D eigenvalue weighted by atomic mass is 10.1. The molecular weight excluding hydrogens is 491 g/mol. The summed E-state index contributed by atoms with van der Waals surface area (Å²) >= 11 is 15.2. The fourth-order valence-corrected chi connectivity index (χ4v) is 5.77. The van der Waals surface area contributed by atoms with Gasteiger partial charge in [-0.05, 0) is 36.8 Å². The number of aromatic nitrogens is 1. The number of likely N-dealkylation sites (tertiary alicyclic amines) is 1. The summed E-state index contributed by atoms with van der Waals surface area (Å²) in [7, 11) is -4.24. The van der Waals surface area contributed by atoms with Crippen molar-refractivity contribution in [3.63, 3.8) is 0 Å². The standard InChI is InChI=1S/C18H13BrCl2N2O4S/c19-10-6-14(21)17(24)16(7-10)28(26,27)23-9-13(18(25)22-4-1-5-22)12-8-11(20)2-3-15(12)23/h2-3,6-9,24H,1,4-5H2. The Morgan fingerprint density at radius 3 is 2.50 bits per heavy atom. The molecule has 146 valence electrons. The molecule has 0 aliphatic carbocycles. The van der Waals surface area contributed by atoms with E-state index in [1.807, 2.05) is 0 Å². The molecule has 2 heterocycles. The Morgan fingerprint density at radius 2 is 1.86 bits per heavy atom. The first-order valence-electron chi connectivity index (χ1n) is 8.23. The molecule has 0 spiro atoms. The minimum atomic E-state index is -4.24. The van der Waals surface area contributed by atoms with Crippen LogP contribution in [0.2, 0.25) is 10.0 Å². The van der Waals surface area contributed by atoms with Crippen molar-refractivity contribution >= 4 is 66.0 Å². The van der Waals surface area contributed by atoms with Crippen LogP contribution < -0.4 is 0 Å². The molecule has 4 rings (SSSR count). The second-order valence-electron chi connectivity index (χ2n) is 6.39. The normalized spacial score (nSPS) is 14.3. The fraction of sp³-hybridized carbons (Fsp3) is 0.167. The number of hydrogen-bond donors (Lipinski definition) is 1. The zero-order chi connectivity index (χ0) is 20.2. The van der Waals surface area contributed by atoms with Crippen molar-refractivity contribution in [2.45, 2.75) is 11.3 Å². The van der Waals surface area contributed by atoms with E-state index >= 15 is 0 Å². The summed E-state index contributed by atoms with van der Waals surface area (Å²) in [5, 5.41) is 10.9. The first-order valence-corrected chi connectivity index (χ1v) is 11.2. The average Bonchev–Trinajstić information content (AvgIpc) is 2.95. The highest BCUT2D eigenvalue weighted by molar-refractivity contribution is 9.10. The molecule has 1 aromatic heterocycles. The van der Waals surface area contributed by atoms with Gasteiger partial charge in [0.25, 0.3) is 15.9 Å². The van der Waals surface area contributed by atoms with Crippen LogP contribution in [-0.4, -0.2) is 41.4 Å². The molecule has 1 saturated heterocycles. The largest absolute Gasteiger partial charge is 0.505 e. The Hall–Kier alpha value is -1.74. The molecule has 3 aromatic rings. The lowest BCUT2D eigenvalue weighted by molar-refractivity contribution is 0.0654. The number of aromatic hydroxyl groups is 1. The van der Waals surface area contributed by atoms with Gasteiger partial charge in [0.05, 0.1) is 16.1 Å². The molecule has 0 radical (unpaired) electrons. The van der Waals surface area contributed by atoms with E-state index in [9.17, 15) is 18.3 Å². The fourth-order valence-electron chi connectivity index (χ4n) is 3.08. The molecule has 10 heteroatoms. The monoisotopic (exact) mass is 502 g/mol. The van der Waals surface area contributed by atoms with E-state index in [0.29, 0.717) is 28.0 Å². The maximum Gasteiger partial charge on any atom is 0.271 e. The molecule has 1 aliphatic rings. The first kappa shape index (κ1) is 19.6. The lowest BCUT2D eigenvalue weighted by Crippen LogP contribution is -2.41. The molecule has 0 unspecified atom stereocenters. The number of phenols is 1.